The van der Waals surface area contributed by atoms with Crippen LogP contribution in [0.25, 0.3) is 0 Å². The van der Waals surface area contributed by atoms with Gasteiger partial charge in [0.2, 0.25) is 0 Å². The van der Waals surface area contributed by atoms with Gasteiger partial charge >= 0.3 is 18.3 Å². The van der Waals surface area contributed by atoms with Crippen molar-refractivity contribution in [3.05, 3.63) is 0 Å². The van der Waals surface area contributed by atoms with Gasteiger partial charge in [-0.2, -0.15) is 0 Å². The average Bonchev–Trinajstić information content (AvgIpc) is 3.00. The van der Waals surface area contributed by atoms with Gasteiger partial charge in [-0.05, 0) is 89.0 Å². The summed E-state index contributed by atoms with van der Waals surface area (Å²) in [5.41, 5.74) is -2.35. The molecule has 3 N–H and O–H groups in total. The van der Waals surface area contributed by atoms with Gasteiger partial charge in [0.25, 0.3) is 0 Å². The van der Waals surface area contributed by atoms with E-state index in [0.717, 1.165) is 0 Å². The fraction of sp³-hybridized carbons (Fsp3) is 0.893. The lowest BCUT2D eigenvalue weighted by Gasteiger charge is -2.39. The van der Waals surface area contributed by atoms with E-state index in [9.17, 15) is 24.6 Å². The fourth-order valence-electron chi connectivity index (χ4n) is 4.91. The zero-order valence-electron chi connectivity index (χ0n) is 26.3. The maximum atomic E-state index is 13.4. The largest absolute Gasteiger partial charge is 0.444 e. The van der Waals surface area contributed by atoms with Crippen molar-refractivity contribution < 1.29 is 43.5 Å². The Hall–Kier alpha value is -2.31. The molecule has 0 spiro atoms. The summed E-state index contributed by atoms with van der Waals surface area (Å²) >= 11 is 0. The Labute approximate surface area is 239 Å². The van der Waals surface area contributed by atoms with Crippen LogP contribution in [-0.4, -0.2) is 105 Å². The van der Waals surface area contributed by atoms with Crippen LogP contribution in [0.2, 0.25) is 0 Å². The van der Waals surface area contributed by atoms with Crippen LogP contribution in [0, 0.1) is 0 Å². The van der Waals surface area contributed by atoms with Gasteiger partial charge in [-0.15, -0.1) is 0 Å². The van der Waals surface area contributed by atoms with E-state index in [1.807, 2.05) is 41.5 Å². The minimum atomic E-state index is -0.949. The first-order chi connectivity index (χ1) is 18.3. The van der Waals surface area contributed by atoms with E-state index >= 15 is 0 Å². The number of aliphatic hydroxyl groups excluding tert-OH is 2. The summed E-state index contributed by atoms with van der Waals surface area (Å²) in [5, 5.41) is 22.5. The van der Waals surface area contributed by atoms with Crippen molar-refractivity contribution >= 4 is 18.3 Å². The van der Waals surface area contributed by atoms with Crippen molar-refractivity contribution in [3.63, 3.8) is 0 Å². The summed E-state index contributed by atoms with van der Waals surface area (Å²) in [4.78, 5) is 42.0. The first kappa shape index (κ1) is 35.7. The van der Waals surface area contributed by atoms with Gasteiger partial charge in [0.15, 0.2) is 0 Å². The standard InChI is InChI=1S/C28H53N3O9/c1-18(2)30(19(3)4)24(35)38-20(16-33)12-13-21(29-23(34)40-26(5,6)7)22(14-15-32)39-25(36)31-27(8,9)17-37-28(31,10)11/h18-22,32-33H,12-17H2,1-11H3,(H,29,34)/t20-,21+,22+/m1/s1. The van der Waals surface area contributed by atoms with Gasteiger partial charge in [0.05, 0.1) is 24.8 Å². The first-order valence-electron chi connectivity index (χ1n) is 14.1. The smallest absolute Gasteiger partial charge is 0.412 e. The third-order valence-corrected chi connectivity index (χ3v) is 6.52. The Kier molecular flexibility index (Phi) is 13.0. The molecular formula is C28H53N3O9. The molecule has 0 radical (unpaired) electrons. The highest BCUT2D eigenvalue weighted by Gasteiger charge is 2.50. The SMILES string of the molecule is CC(C)N(C(=O)O[C@@H](CO)CC[C@H](NC(=O)OC(C)(C)C)[C@H](CCO)OC(=O)N1C(C)(C)COC1(C)C)C(C)C. The number of ether oxygens (including phenoxy) is 4. The monoisotopic (exact) mass is 575 g/mol. The molecule has 3 atom stereocenters. The maximum Gasteiger partial charge on any atom is 0.412 e. The fourth-order valence-corrected chi connectivity index (χ4v) is 4.91. The molecule has 0 aromatic rings. The number of carbonyl (C=O) groups is 3. The van der Waals surface area contributed by atoms with Crippen molar-refractivity contribution in [2.45, 2.75) is 143 Å². The molecule has 3 amide bonds. The van der Waals surface area contributed by atoms with Crippen LogP contribution in [0.5, 0.6) is 0 Å². The summed E-state index contributed by atoms with van der Waals surface area (Å²) in [6.07, 6.45) is -3.43. The van der Waals surface area contributed by atoms with Crippen LogP contribution in [0.3, 0.4) is 0 Å². The van der Waals surface area contributed by atoms with Gasteiger partial charge in [0, 0.05) is 25.1 Å². The maximum absolute atomic E-state index is 13.4. The average molecular weight is 576 g/mol. The number of carbonyl (C=O) groups excluding carboxylic acids is 3. The number of rotatable bonds is 12. The molecule has 1 aliphatic rings. The highest BCUT2D eigenvalue weighted by molar-refractivity contribution is 5.71. The minimum absolute atomic E-state index is 0.0276. The van der Waals surface area contributed by atoms with Gasteiger partial charge in [-0.1, -0.05) is 0 Å². The van der Waals surface area contributed by atoms with E-state index in [4.69, 9.17) is 18.9 Å². The topological polar surface area (TPSA) is 147 Å². The Morgan fingerprint density at radius 1 is 0.975 bits per heavy atom. The van der Waals surface area contributed by atoms with Crippen molar-refractivity contribution in [3.8, 4) is 0 Å². The normalized spacial score (nSPS) is 18.7. The zero-order chi connectivity index (χ0) is 31.1. The Morgan fingerprint density at radius 3 is 1.98 bits per heavy atom. The highest BCUT2D eigenvalue weighted by Crippen LogP contribution is 2.35. The second-order valence-corrected chi connectivity index (χ2v) is 12.9. The molecular weight excluding hydrogens is 522 g/mol. The van der Waals surface area contributed by atoms with Gasteiger partial charge in [-0.3, -0.25) is 4.90 Å². The Morgan fingerprint density at radius 2 is 1.55 bits per heavy atom. The molecule has 234 valence electrons. The summed E-state index contributed by atoms with van der Waals surface area (Å²) < 4.78 is 22.7. The highest BCUT2D eigenvalue weighted by atomic mass is 16.6. The van der Waals surface area contributed by atoms with Gasteiger partial charge < -0.3 is 39.4 Å². The molecule has 12 nitrogen and oxygen atoms in total. The minimum Gasteiger partial charge on any atom is -0.444 e. The molecule has 0 saturated carbocycles. The predicted octanol–water partition coefficient (Wildman–Crippen LogP) is 4.01. The van der Waals surface area contributed by atoms with Gasteiger partial charge in [0.1, 0.15) is 23.5 Å². The van der Waals surface area contributed by atoms with Crippen LogP contribution in [-0.2, 0) is 18.9 Å². The Balaban J connectivity index is 3.18. The van der Waals surface area contributed by atoms with Crippen LogP contribution < -0.4 is 5.32 Å². The third kappa shape index (κ3) is 10.6. The van der Waals surface area contributed by atoms with Crippen LogP contribution in [0.15, 0.2) is 0 Å². The van der Waals surface area contributed by atoms with Crippen molar-refractivity contribution in [1.82, 2.24) is 15.1 Å². The number of nitrogens with zero attached hydrogens (tertiary/aromatic N) is 2. The van der Waals surface area contributed by atoms with Crippen molar-refractivity contribution in [2.75, 3.05) is 19.8 Å². The molecule has 0 bridgehead atoms. The molecule has 0 unspecified atom stereocenters. The van der Waals surface area contributed by atoms with Crippen LogP contribution in [0.1, 0.15) is 95.4 Å². The molecule has 0 aliphatic carbocycles. The van der Waals surface area contributed by atoms with E-state index in [-0.39, 0.29) is 38.0 Å². The van der Waals surface area contributed by atoms with Crippen LogP contribution >= 0.6 is 0 Å². The van der Waals surface area contributed by atoms with Gasteiger partial charge in [-0.25, -0.2) is 14.4 Å². The number of alkyl carbamates (subject to hydrolysis) is 1. The lowest BCUT2D eigenvalue weighted by molar-refractivity contribution is -0.0640. The van der Waals surface area contributed by atoms with Crippen molar-refractivity contribution in [1.29, 1.82) is 0 Å². The van der Waals surface area contributed by atoms with E-state index in [1.54, 1.807) is 39.5 Å². The lowest BCUT2D eigenvalue weighted by Crippen LogP contribution is -2.55. The molecule has 1 saturated heterocycles. The molecule has 1 fully saturated rings. The van der Waals surface area contributed by atoms with Crippen molar-refractivity contribution in [2.24, 2.45) is 0 Å². The number of nitrogens with one attached hydrogen (secondary N) is 1. The van der Waals surface area contributed by atoms with E-state index in [0.29, 0.717) is 6.61 Å². The molecule has 0 aromatic carbocycles. The summed E-state index contributed by atoms with van der Waals surface area (Å²) in [5.74, 6) is 0. The molecule has 1 rings (SSSR count). The second kappa shape index (κ2) is 14.5. The zero-order valence-corrected chi connectivity index (χ0v) is 26.3. The molecule has 12 heteroatoms. The summed E-state index contributed by atoms with van der Waals surface area (Å²) in [6.45, 7) is 19.5. The number of amides is 3. The quantitative estimate of drug-likeness (QED) is 0.294. The van der Waals surface area contributed by atoms with E-state index in [2.05, 4.69) is 5.32 Å². The number of aliphatic hydroxyl groups is 2. The Bertz CT molecular complexity index is 815. The number of hydrogen-bond donors (Lipinski definition) is 3. The lowest BCUT2D eigenvalue weighted by atomic mass is 10.0. The van der Waals surface area contributed by atoms with E-state index < -0.39 is 60.0 Å². The van der Waals surface area contributed by atoms with E-state index in [1.165, 1.54) is 4.90 Å². The molecule has 0 aromatic heterocycles. The predicted molar refractivity (Wildman–Crippen MR) is 150 cm³/mol. The summed E-state index contributed by atoms with van der Waals surface area (Å²) in [6, 6.07) is -1.03. The molecule has 1 heterocycles. The molecule has 1 aliphatic heterocycles. The van der Waals surface area contributed by atoms with Crippen LogP contribution in [0.4, 0.5) is 14.4 Å². The summed E-state index contributed by atoms with van der Waals surface area (Å²) in [7, 11) is 0. The first-order valence-corrected chi connectivity index (χ1v) is 14.1. The second-order valence-electron chi connectivity index (χ2n) is 12.9. The number of hydrogen-bond acceptors (Lipinski definition) is 9. The molecule has 40 heavy (non-hydrogen) atoms. The third-order valence-electron chi connectivity index (χ3n) is 6.52.